The molecule has 0 radical (unpaired) electrons. The number of aryl methyl sites for hydroxylation is 1. The van der Waals surface area contributed by atoms with E-state index in [2.05, 4.69) is 37.1 Å². The molecule has 1 aliphatic heterocycles. The second-order valence-electron chi connectivity index (χ2n) is 9.28. The molecule has 0 atom stereocenters. The van der Waals surface area contributed by atoms with Crippen LogP contribution in [0.25, 0.3) is 22.2 Å². The lowest BCUT2D eigenvalue weighted by Gasteiger charge is -2.35. The molecule has 4 heterocycles. The molecule has 5 aromatic rings. The van der Waals surface area contributed by atoms with Crippen molar-refractivity contribution in [3.8, 4) is 5.69 Å². The molecule has 194 valence electrons. The van der Waals surface area contributed by atoms with Gasteiger partial charge in [-0.25, -0.2) is 32.9 Å². The Hall–Kier alpha value is -4.09. The number of para-hydroxylation sites is 1. The van der Waals surface area contributed by atoms with Gasteiger partial charge in [0.1, 0.15) is 11.2 Å². The van der Waals surface area contributed by atoms with Crippen LogP contribution in [-0.4, -0.2) is 62.3 Å². The zero-order valence-corrected chi connectivity index (χ0v) is 21.4. The molecule has 1 fully saturated rings. The molecular weight excluding hydrogens is 514 g/mol. The summed E-state index contributed by atoms with van der Waals surface area (Å²) < 4.78 is 31.4. The van der Waals surface area contributed by atoms with Gasteiger partial charge in [-0.2, -0.15) is 0 Å². The van der Waals surface area contributed by atoms with E-state index in [0.29, 0.717) is 10.7 Å². The van der Waals surface area contributed by atoms with Crippen molar-refractivity contribution < 1.29 is 8.78 Å². The molecule has 0 spiro atoms. The SMILES string of the molecule is Cc1cc(Nc2ncc3c(=O)n(-c4c(F)cccc4F)n4ccnc4c3n2)cc(Cl)c1N1CCN(C)CC1. The highest BCUT2D eigenvalue weighted by atomic mass is 35.5. The van der Waals surface area contributed by atoms with Crippen molar-refractivity contribution in [1.82, 2.24) is 29.0 Å². The number of aromatic nitrogens is 5. The van der Waals surface area contributed by atoms with Crippen LogP contribution in [0.1, 0.15) is 5.56 Å². The number of hydrogen-bond donors (Lipinski definition) is 1. The zero-order valence-electron chi connectivity index (χ0n) is 20.6. The van der Waals surface area contributed by atoms with Gasteiger partial charge in [-0.3, -0.25) is 4.79 Å². The highest BCUT2D eigenvalue weighted by Crippen LogP contribution is 2.34. The van der Waals surface area contributed by atoms with Crippen molar-refractivity contribution >= 4 is 45.5 Å². The van der Waals surface area contributed by atoms with Crippen LogP contribution in [0.5, 0.6) is 0 Å². The van der Waals surface area contributed by atoms with E-state index in [9.17, 15) is 13.6 Å². The van der Waals surface area contributed by atoms with Gasteiger partial charge in [-0.15, -0.1) is 0 Å². The van der Waals surface area contributed by atoms with Gasteiger partial charge in [0.2, 0.25) is 5.95 Å². The standard InChI is InChI=1S/C26H23ClF2N8O/c1-15-12-16(13-18(27)22(15)35-10-8-34(2)9-11-35)32-26-31-14-17-21(33-26)24-30-6-7-36(24)37(25(17)38)23-19(28)4-3-5-20(23)29/h3-7,12-14H,8-11H2,1-2H3,(H,31,32,33). The van der Waals surface area contributed by atoms with Crippen molar-refractivity contribution in [2.45, 2.75) is 6.92 Å². The minimum absolute atomic E-state index is 0.0662. The van der Waals surface area contributed by atoms with Crippen LogP contribution >= 0.6 is 11.6 Å². The predicted molar refractivity (Wildman–Crippen MR) is 143 cm³/mol. The minimum Gasteiger partial charge on any atom is -0.368 e. The zero-order chi connectivity index (χ0) is 26.6. The molecule has 0 unspecified atom stereocenters. The first-order valence-electron chi connectivity index (χ1n) is 12.0. The van der Waals surface area contributed by atoms with Gasteiger partial charge in [0, 0.05) is 50.5 Å². The first-order valence-corrected chi connectivity index (χ1v) is 12.4. The fraction of sp³-hybridized carbons (Fsp3) is 0.231. The third kappa shape index (κ3) is 4.04. The second kappa shape index (κ2) is 9.34. The highest BCUT2D eigenvalue weighted by molar-refractivity contribution is 6.33. The number of likely N-dealkylation sites (N-methyl/N-ethyl adjacent to an activating group) is 1. The van der Waals surface area contributed by atoms with Crippen molar-refractivity contribution in [3.63, 3.8) is 0 Å². The molecule has 3 aromatic heterocycles. The van der Waals surface area contributed by atoms with Crippen LogP contribution in [0.15, 0.2) is 53.7 Å². The Balaban J connectivity index is 1.40. The lowest BCUT2D eigenvalue weighted by atomic mass is 10.1. The van der Waals surface area contributed by atoms with Crippen LogP contribution in [0.3, 0.4) is 0 Å². The van der Waals surface area contributed by atoms with Crippen LogP contribution in [-0.2, 0) is 0 Å². The van der Waals surface area contributed by atoms with E-state index in [-0.39, 0.29) is 22.5 Å². The monoisotopic (exact) mass is 536 g/mol. The first-order chi connectivity index (χ1) is 18.3. The number of rotatable bonds is 4. The molecule has 38 heavy (non-hydrogen) atoms. The van der Waals surface area contributed by atoms with Crippen molar-refractivity contribution in [1.29, 1.82) is 0 Å². The molecule has 12 heteroatoms. The Morgan fingerprint density at radius 2 is 1.76 bits per heavy atom. The Kier molecular flexibility index (Phi) is 5.96. The van der Waals surface area contributed by atoms with Crippen LogP contribution in [0.4, 0.5) is 26.1 Å². The average molecular weight is 537 g/mol. The summed E-state index contributed by atoms with van der Waals surface area (Å²) in [5.74, 6) is -1.54. The molecule has 9 nitrogen and oxygen atoms in total. The highest BCUT2D eigenvalue weighted by Gasteiger charge is 2.21. The van der Waals surface area contributed by atoms with Crippen LogP contribution in [0, 0.1) is 18.6 Å². The maximum absolute atomic E-state index is 14.6. The normalized spacial score (nSPS) is 14.5. The van der Waals surface area contributed by atoms with Gasteiger partial charge < -0.3 is 15.1 Å². The Morgan fingerprint density at radius 1 is 1.03 bits per heavy atom. The van der Waals surface area contributed by atoms with E-state index >= 15 is 0 Å². The van der Waals surface area contributed by atoms with E-state index in [4.69, 9.17) is 11.6 Å². The maximum Gasteiger partial charge on any atom is 0.281 e. The number of fused-ring (bicyclic) bond motifs is 3. The molecule has 1 saturated heterocycles. The van der Waals surface area contributed by atoms with E-state index in [1.54, 1.807) is 0 Å². The number of halogens is 3. The summed E-state index contributed by atoms with van der Waals surface area (Å²) in [7, 11) is 2.10. The number of hydrogen-bond acceptors (Lipinski definition) is 7. The number of nitrogens with zero attached hydrogens (tertiary/aromatic N) is 7. The summed E-state index contributed by atoms with van der Waals surface area (Å²) in [6.45, 7) is 5.73. The van der Waals surface area contributed by atoms with Gasteiger partial charge in [0.15, 0.2) is 17.3 Å². The Morgan fingerprint density at radius 3 is 2.47 bits per heavy atom. The van der Waals surface area contributed by atoms with Crippen molar-refractivity contribution in [3.05, 3.63) is 81.5 Å². The van der Waals surface area contributed by atoms with E-state index in [0.717, 1.165) is 54.2 Å². The molecule has 0 aliphatic carbocycles. The van der Waals surface area contributed by atoms with E-state index in [1.165, 1.54) is 29.2 Å². The first kappa shape index (κ1) is 24.3. The van der Waals surface area contributed by atoms with E-state index in [1.807, 2.05) is 19.1 Å². The number of benzene rings is 2. The van der Waals surface area contributed by atoms with Crippen molar-refractivity contribution in [2.24, 2.45) is 0 Å². The van der Waals surface area contributed by atoms with Gasteiger partial charge in [0.25, 0.3) is 5.56 Å². The topological polar surface area (TPSA) is 83.6 Å². The average Bonchev–Trinajstić information content (AvgIpc) is 3.36. The smallest absolute Gasteiger partial charge is 0.281 e. The van der Waals surface area contributed by atoms with Crippen LogP contribution in [0.2, 0.25) is 5.02 Å². The number of imidazole rings is 1. The molecule has 1 aliphatic rings. The predicted octanol–water partition coefficient (Wildman–Crippen LogP) is 4.16. The number of anilines is 3. The third-order valence-corrected chi connectivity index (χ3v) is 7.03. The third-order valence-electron chi connectivity index (χ3n) is 6.74. The second-order valence-corrected chi connectivity index (χ2v) is 9.68. The Bertz CT molecular complexity index is 1720. The molecular formula is C26H23ClF2N8O. The summed E-state index contributed by atoms with van der Waals surface area (Å²) in [5, 5.41) is 3.84. The Labute approximate surface area is 220 Å². The largest absolute Gasteiger partial charge is 0.368 e. The van der Waals surface area contributed by atoms with Gasteiger partial charge in [0.05, 0.1) is 16.1 Å². The number of piperazine rings is 1. The summed E-state index contributed by atoms with van der Waals surface area (Å²) in [5.41, 5.74) is 1.99. The minimum atomic E-state index is -0.882. The van der Waals surface area contributed by atoms with E-state index < -0.39 is 22.9 Å². The van der Waals surface area contributed by atoms with Crippen molar-refractivity contribution in [2.75, 3.05) is 43.4 Å². The summed E-state index contributed by atoms with van der Waals surface area (Å²) in [6.07, 6.45) is 4.19. The summed E-state index contributed by atoms with van der Waals surface area (Å²) in [4.78, 5) is 31.0. The fourth-order valence-corrected chi connectivity index (χ4v) is 5.26. The quantitative estimate of drug-likeness (QED) is 0.369. The van der Waals surface area contributed by atoms with Crippen LogP contribution < -0.4 is 15.8 Å². The molecule has 0 amide bonds. The fourth-order valence-electron chi connectivity index (χ4n) is 4.88. The summed E-state index contributed by atoms with van der Waals surface area (Å²) in [6, 6.07) is 7.20. The number of nitrogens with one attached hydrogen (secondary N) is 1. The maximum atomic E-state index is 14.6. The molecule has 6 rings (SSSR count). The lowest BCUT2D eigenvalue weighted by molar-refractivity contribution is 0.312. The molecule has 0 saturated carbocycles. The van der Waals surface area contributed by atoms with Gasteiger partial charge in [-0.05, 0) is 43.8 Å². The van der Waals surface area contributed by atoms with Gasteiger partial charge >= 0.3 is 0 Å². The molecule has 2 aromatic carbocycles. The lowest BCUT2D eigenvalue weighted by Crippen LogP contribution is -2.44. The molecule has 1 N–H and O–H groups in total. The van der Waals surface area contributed by atoms with Gasteiger partial charge in [-0.1, -0.05) is 17.7 Å². The molecule has 0 bridgehead atoms. The summed E-state index contributed by atoms with van der Waals surface area (Å²) >= 11 is 6.70.